The molecule has 8 heteroatoms. The lowest BCUT2D eigenvalue weighted by molar-refractivity contribution is -0.598. The number of carbonyl (C=O) groups is 2. The van der Waals surface area contributed by atoms with Crippen LogP contribution in [0.4, 0.5) is 0 Å². The van der Waals surface area contributed by atoms with Gasteiger partial charge >= 0.3 is 5.97 Å². The second-order valence-corrected chi connectivity index (χ2v) is 11.1. The average Bonchev–Trinajstić information content (AvgIpc) is 3.17. The van der Waals surface area contributed by atoms with E-state index in [2.05, 4.69) is 28.1 Å². The van der Waals surface area contributed by atoms with E-state index in [-0.39, 0.29) is 42.2 Å². The van der Waals surface area contributed by atoms with Crippen LogP contribution in [0.25, 0.3) is 5.69 Å². The molecule has 2 heterocycles. The highest BCUT2D eigenvalue weighted by Crippen LogP contribution is 2.42. The molecule has 0 saturated heterocycles. The second-order valence-electron chi connectivity index (χ2n) is 7.66. The molecule has 4 rings (SSSR count). The predicted octanol–water partition coefficient (Wildman–Crippen LogP) is 3.33. The maximum Gasteiger partial charge on any atom is 0.310 e. The zero-order valence-corrected chi connectivity index (χ0v) is 24.1. The van der Waals surface area contributed by atoms with E-state index in [1.165, 1.54) is 11.3 Å². The third-order valence-electron chi connectivity index (χ3n) is 5.33. The zero-order valence-electron chi connectivity index (χ0n) is 18.7. The van der Waals surface area contributed by atoms with Crippen molar-refractivity contribution in [2.45, 2.75) is 42.1 Å². The number of hydrogen-bond donors (Lipinski definition) is 0. The number of allylic oxidation sites excluding steroid dienone is 1. The van der Waals surface area contributed by atoms with Gasteiger partial charge in [0.25, 0.3) is 0 Å². The fourth-order valence-electron chi connectivity index (χ4n) is 3.78. The quantitative estimate of drug-likeness (QED) is 0.121. The number of halogens is 2. The highest BCUT2D eigenvalue weighted by atomic mass is 127. The van der Waals surface area contributed by atoms with Crippen LogP contribution in [0, 0.1) is 0 Å². The van der Waals surface area contributed by atoms with Gasteiger partial charge < -0.3 is 28.7 Å². The number of rotatable bonds is 8. The Morgan fingerprint density at radius 3 is 2.56 bits per heavy atom. The van der Waals surface area contributed by atoms with E-state index in [1.54, 1.807) is 18.7 Å². The molecule has 0 aliphatic heterocycles. The molecule has 3 aromatic rings. The average molecular weight is 670 g/mol. The molecule has 1 atom stereocenters. The predicted molar refractivity (Wildman–Crippen MR) is 136 cm³/mol. The van der Waals surface area contributed by atoms with Gasteiger partial charge in [-0.1, -0.05) is 34.1 Å². The van der Waals surface area contributed by atoms with Gasteiger partial charge in [0.05, 0.1) is 23.5 Å². The third kappa shape index (κ3) is 6.59. The Hall–Kier alpha value is -1.49. The normalized spacial score (nSPS) is 14.9. The summed E-state index contributed by atoms with van der Waals surface area (Å²) >= 11 is 6.69. The molecule has 0 radical (unpaired) electrons. The van der Waals surface area contributed by atoms with Crippen molar-refractivity contribution in [1.82, 2.24) is 0 Å². The number of thioether (sulfide) groups is 1. The summed E-state index contributed by atoms with van der Waals surface area (Å²) in [6.07, 6.45) is 11.8. The molecular formula is C26H25BrINO3S2. The molecule has 34 heavy (non-hydrogen) atoms. The van der Waals surface area contributed by atoms with Crippen molar-refractivity contribution in [3.63, 3.8) is 0 Å². The molecule has 0 fully saturated rings. The van der Waals surface area contributed by atoms with Crippen LogP contribution in [0.5, 0.6) is 0 Å². The summed E-state index contributed by atoms with van der Waals surface area (Å²) in [5.41, 5.74) is 2.23. The first-order chi connectivity index (χ1) is 16.1. The van der Waals surface area contributed by atoms with E-state index < -0.39 is 0 Å². The van der Waals surface area contributed by atoms with Crippen LogP contribution in [0.1, 0.15) is 47.0 Å². The Balaban J connectivity index is 0.00000324. The topological polar surface area (TPSA) is 47.3 Å². The molecular weight excluding hydrogens is 645 g/mol. The van der Waals surface area contributed by atoms with Crippen LogP contribution in [0.2, 0.25) is 0 Å². The van der Waals surface area contributed by atoms with E-state index in [0.717, 1.165) is 39.2 Å². The lowest BCUT2D eigenvalue weighted by atomic mass is 10.0. The van der Waals surface area contributed by atoms with Crippen molar-refractivity contribution >= 4 is 50.8 Å². The molecule has 4 nitrogen and oxygen atoms in total. The number of thiophene rings is 1. The number of aromatic nitrogens is 1. The number of benzene rings is 1. The number of ether oxygens (including phenoxy) is 1. The van der Waals surface area contributed by atoms with Crippen LogP contribution >= 0.6 is 39.0 Å². The van der Waals surface area contributed by atoms with Gasteiger partial charge in [-0.3, -0.25) is 9.59 Å². The minimum Gasteiger partial charge on any atom is -1.00 e. The van der Waals surface area contributed by atoms with Crippen molar-refractivity contribution in [1.29, 1.82) is 0 Å². The van der Waals surface area contributed by atoms with Crippen LogP contribution in [0.3, 0.4) is 0 Å². The zero-order chi connectivity index (χ0) is 23.2. The molecule has 1 aromatic carbocycles. The van der Waals surface area contributed by atoms with E-state index in [0.29, 0.717) is 22.3 Å². The molecule has 0 bridgehead atoms. The number of hydrogen-bond acceptors (Lipinski definition) is 5. The first-order valence-corrected chi connectivity index (χ1v) is 13.5. The number of nitrogens with zero attached hydrogens (tertiary/aromatic N) is 1. The van der Waals surface area contributed by atoms with Crippen LogP contribution in [-0.2, 0) is 16.0 Å². The highest BCUT2D eigenvalue weighted by molar-refractivity contribution is 9.10. The molecule has 178 valence electrons. The Morgan fingerprint density at radius 2 is 1.91 bits per heavy atom. The maximum absolute atomic E-state index is 13.6. The van der Waals surface area contributed by atoms with Gasteiger partial charge in [-0.15, -0.1) is 23.1 Å². The molecule has 0 spiro atoms. The van der Waals surface area contributed by atoms with Gasteiger partial charge in [0.1, 0.15) is 4.21 Å². The van der Waals surface area contributed by atoms with Gasteiger partial charge in [-0.2, -0.15) is 4.57 Å². The third-order valence-corrected chi connectivity index (χ3v) is 8.51. The fraction of sp³-hybridized carbons (Fsp3) is 0.269. The first kappa shape index (κ1) is 27.1. The number of carbonyl (C=O) groups excluding carboxylic acids is 2. The van der Waals surface area contributed by atoms with Gasteiger partial charge in [0.2, 0.25) is 11.5 Å². The number of pyridine rings is 1. The van der Waals surface area contributed by atoms with Crippen LogP contribution in [0.15, 0.2) is 75.7 Å². The minimum atomic E-state index is -0.327. The Kier molecular flexibility index (Phi) is 10.4. The molecule has 1 aliphatic rings. The number of ketones is 1. The molecule has 0 N–H and O–H groups in total. The molecule has 1 unspecified atom stereocenters. The largest absolute Gasteiger partial charge is 1.00 e. The Labute approximate surface area is 234 Å². The molecule has 0 saturated carbocycles. The second kappa shape index (κ2) is 13.0. The van der Waals surface area contributed by atoms with Gasteiger partial charge in [-0.25, -0.2) is 0 Å². The summed E-state index contributed by atoms with van der Waals surface area (Å²) in [5.74, 6) is -0.400. The van der Waals surface area contributed by atoms with Crippen LogP contribution in [-0.4, -0.2) is 23.6 Å². The number of esters is 1. The van der Waals surface area contributed by atoms with Crippen molar-refractivity contribution in [3.8, 4) is 5.69 Å². The van der Waals surface area contributed by atoms with Crippen molar-refractivity contribution in [2.75, 3.05) is 6.61 Å². The van der Waals surface area contributed by atoms with E-state index in [4.69, 9.17) is 4.74 Å². The smallest absolute Gasteiger partial charge is 0.310 e. The highest BCUT2D eigenvalue weighted by Gasteiger charge is 2.32. The lowest BCUT2D eigenvalue weighted by Gasteiger charge is -2.14. The summed E-state index contributed by atoms with van der Waals surface area (Å²) in [7, 11) is 0. The Morgan fingerprint density at radius 1 is 1.18 bits per heavy atom. The van der Waals surface area contributed by atoms with Gasteiger partial charge in [-0.05, 0) is 50.5 Å². The summed E-state index contributed by atoms with van der Waals surface area (Å²) in [5, 5.41) is 0.353. The van der Waals surface area contributed by atoms with Crippen molar-refractivity contribution < 1.29 is 42.9 Å². The van der Waals surface area contributed by atoms with E-state index in [9.17, 15) is 9.59 Å². The SMILES string of the molecule is CCOC(=O)Cc1c(C(=O)c2ccc(Br)cc2)sc(SC2C=CCCC2)c1-[n+]1ccccc1.[I-]. The summed E-state index contributed by atoms with van der Waals surface area (Å²) in [4.78, 5) is 26.8. The van der Waals surface area contributed by atoms with E-state index >= 15 is 0 Å². The van der Waals surface area contributed by atoms with Gasteiger partial charge in [0.15, 0.2) is 12.4 Å². The fourth-order valence-corrected chi connectivity index (χ4v) is 6.96. The Bertz CT molecular complexity index is 1160. The molecule has 0 amide bonds. The first-order valence-electron chi connectivity index (χ1n) is 11.0. The summed E-state index contributed by atoms with van der Waals surface area (Å²) in [6.45, 7) is 2.10. The van der Waals surface area contributed by atoms with Crippen molar-refractivity contribution in [3.05, 3.63) is 87.5 Å². The molecule has 2 aromatic heterocycles. The lowest BCUT2D eigenvalue weighted by Crippen LogP contribution is -3.00. The van der Waals surface area contributed by atoms with Crippen LogP contribution < -0.4 is 28.5 Å². The summed E-state index contributed by atoms with van der Waals surface area (Å²) < 4.78 is 9.24. The van der Waals surface area contributed by atoms with E-state index in [1.807, 2.05) is 59.4 Å². The minimum absolute atomic E-state index is 0. The van der Waals surface area contributed by atoms with Gasteiger partial charge in [0, 0.05) is 27.4 Å². The van der Waals surface area contributed by atoms with Crippen molar-refractivity contribution in [2.24, 2.45) is 0 Å². The monoisotopic (exact) mass is 669 g/mol. The molecule has 1 aliphatic carbocycles. The maximum atomic E-state index is 13.6. The summed E-state index contributed by atoms with van der Waals surface area (Å²) in [6, 6.07) is 13.2. The standard InChI is InChI=1S/C26H25BrNO3S2.HI/c1-2-31-22(29)17-21-23(28-15-7-4-8-16-28)26(32-20-9-5-3-6-10-20)33-25(21)24(30)18-11-13-19(27)14-12-18;/h4-5,7-9,11-16,20H,2-3,6,10,17H2,1H3;1H/q+1;/p-1.